The average molecular weight is 1310 g/mol. The van der Waals surface area contributed by atoms with Crippen molar-refractivity contribution in [2.75, 3.05) is 26.2 Å². The number of likely N-dealkylation sites (tertiary alicyclic amines) is 1. The number of nitrogens with two attached hydrogens (primary N) is 3. The van der Waals surface area contributed by atoms with Crippen LogP contribution in [0.2, 0.25) is 0 Å². The van der Waals surface area contributed by atoms with Gasteiger partial charge in [-0.2, -0.15) is 0 Å². The number of aliphatic imine (C=N–C) groups is 1. The number of aromatic amines is 3. The van der Waals surface area contributed by atoms with Gasteiger partial charge in [-0.15, -0.1) is 0 Å². The minimum absolute atomic E-state index is 0.00905. The Labute approximate surface area is 545 Å². The van der Waals surface area contributed by atoms with Crippen LogP contribution >= 0.6 is 0 Å². The predicted molar refractivity (Wildman–Crippen MR) is 346 cm³/mol. The average Bonchev–Trinajstić information content (AvgIpc) is 1.81. The van der Waals surface area contributed by atoms with E-state index in [1.165, 1.54) is 41.7 Å². The number of hydrogen-bond acceptors (Lipinski definition) is 15. The number of aromatic nitrogens is 4. The molecule has 31 heteroatoms. The van der Waals surface area contributed by atoms with E-state index in [9.17, 15) is 53.4 Å². The lowest BCUT2D eigenvalue weighted by molar-refractivity contribution is -0.142. The highest BCUT2D eigenvalue weighted by molar-refractivity contribution is 6.00. The number of nitrogens with one attached hydrogen (secondary N) is 12. The molecule has 0 aliphatic carbocycles. The molecule has 2 unspecified atom stereocenters. The second-order valence-corrected chi connectivity index (χ2v) is 24.0. The van der Waals surface area contributed by atoms with Gasteiger partial charge in [-0.3, -0.25) is 57.7 Å². The first-order chi connectivity index (χ1) is 45.5. The van der Waals surface area contributed by atoms with E-state index >= 15 is 9.59 Å². The van der Waals surface area contributed by atoms with Crippen LogP contribution in [-0.2, 0) is 78.4 Å². The van der Waals surface area contributed by atoms with Crippen LogP contribution in [0, 0.1) is 5.92 Å². The molecule has 9 atom stereocenters. The molecule has 3 aromatic heterocycles. The number of phenols is 1. The van der Waals surface area contributed by atoms with Crippen LogP contribution in [0.4, 0.5) is 0 Å². The summed E-state index contributed by atoms with van der Waals surface area (Å²) in [6.45, 7) is 2.33. The van der Waals surface area contributed by atoms with Crippen LogP contribution in [0.5, 0.6) is 5.75 Å². The van der Waals surface area contributed by atoms with Gasteiger partial charge in [0.25, 0.3) is 0 Å². The number of phenolic OH excluding ortho intramolecular Hbond substituents is 1. The van der Waals surface area contributed by atoms with Crippen molar-refractivity contribution in [3.63, 3.8) is 0 Å². The lowest BCUT2D eigenvalue weighted by Crippen LogP contribution is -2.61. The summed E-state index contributed by atoms with van der Waals surface area (Å²) in [5.41, 5.74) is 19.8. The monoisotopic (exact) mass is 1310 g/mol. The molecular formula is C64H82N18O13. The maximum absolute atomic E-state index is 15.1. The molecule has 95 heavy (non-hydrogen) atoms. The van der Waals surface area contributed by atoms with Gasteiger partial charge >= 0.3 is 0 Å². The zero-order chi connectivity index (χ0) is 68.3. The summed E-state index contributed by atoms with van der Waals surface area (Å²) in [5, 5.41) is 46.5. The largest absolute Gasteiger partial charge is 0.508 e. The number of para-hydroxylation sites is 2. The Kier molecular flexibility index (Phi) is 24.4. The number of imidazole rings is 1. The van der Waals surface area contributed by atoms with Gasteiger partial charge in [-0.25, -0.2) is 4.98 Å². The smallest absolute Gasteiger partial charge is 0.245 e. The standard InChI is InChI=1S/C64H82N18O13/c1-34(2)23-46(56(88)75-45(13-7-21-69-64(66)67)63(95)82-22-8-14-52(82)62(94)72-31-53(65)85)76-58(90)48(25-36-28-70-42-11-5-3-9-40(36)42)78-57(89)47(24-35-15-17-39(84)18-16-35)77-61(93)51(32-83)81-59(91)49(26-37-29-71-43-12-6-4-10-41(37)43)79-60(92)50(27-38-30-68-33-73-38)80-55(87)44-19-20-54(86)74-44/h3-6,9-12,15-18,28-30,33-34,44-52,70-71,83-84H,7-8,13-14,19-27,31-32H2,1-2H3,(H2,65,85)(H,68,73)(H,72,94)(H,74,86)(H,75,88)(H,76,90)(H,77,93)(H,78,89)(H,79,92)(H,80,87)(H,81,91)(H4,66,67,69)/t44?,45-,46-,47+,48+,49+,50?,51+,52+/m0/s1. The maximum Gasteiger partial charge on any atom is 0.245 e. The lowest BCUT2D eigenvalue weighted by atomic mass is 9.99. The predicted octanol–water partition coefficient (Wildman–Crippen LogP) is -2.29. The number of primary amides is 1. The van der Waals surface area contributed by atoms with Crippen LogP contribution < -0.4 is 65.1 Å². The van der Waals surface area contributed by atoms with E-state index in [4.69, 9.17) is 17.2 Å². The Hall–Kier alpha value is -10.8. The van der Waals surface area contributed by atoms with Crippen LogP contribution in [0.25, 0.3) is 21.8 Å². The third kappa shape index (κ3) is 19.6. The van der Waals surface area contributed by atoms with E-state index in [1.54, 1.807) is 74.8 Å². The third-order valence-electron chi connectivity index (χ3n) is 16.4. The number of aliphatic hydroxyl groups is 1. The Balaban J connectivity index is 1.05. The molecular weight excluding hydrogens is 1230 g/mol. The Morgan fingerprint density at radius 1 is 0.642 bits per heavy atom. The molecule has 8 rings (SSSR count). The molecule has 0 radical (unpaired) electrons. The first-order valence-electron chi connectivity index (χ1n) is 31.3. The second kappa shape index (κ2) is 33.1. The van der Waals surface area contributed by atoms with Gasteiger partial charge in [0.05, 0.1) is 19.5 Å². The lowest BCUT2D eigenvalue weighted by Gasteiger charge is -2.30. The van der Waals surface area contributed by atoms with Crippen molar-refractivity contribution in [2.24, 2.45) is 28.1 Å². The minimum Gasteiger partial charge on any atom is -0.508 e. The highest BCUT2D eigenvalue weighted by Crippen LogP contribution is 2.24. The number of carbonyl (C=O) groups is 11. The number of rotatable bonds is 33. The first-order valence-corrected chi connectivity index (χ1v) is 31.3. The fourth-order valence-corrected chi connectivity index (χ4v) is 11.5. The number of guanidine groups is 1. The van der Waals surface area contributed by atoms with Crippen molar-refractivity contribution in [3.05, 3.63) is 120 Å². The van der Waals surface area contributed by atoms with Gasteiger partial charge in [0, 0.05) is 91.3 Å². The maximum atomic E-state index is 15.1. The highest BCUT2D eigenvalue weighted by atomic mass is 16.3. The van der Waals surface area contributed by atoms with Crippen LogP contribution in [0.1, 0.15) is 81.2 Å². The molecule has 20 N–H and O–H groups in total. The first kappa shape index (κ1) is 70.0. The summed E-state index contributed by atoms with van der Waals surface area (Å²) in [5.74, 6) is -9.04. The normalized spacial score (nSPS) is 16.6. The van der Waals surface area contributed by atoms with Crippen molar-refractivity contribution in [2.45, 2.75) is 139 Å². The number of carbonyl (C=O) groups excluding carboxylic acids is 11. The molecule has 6 aromatic rings. The number of nitrogens with zero attached hydrogens (tertiary/aromatic N) is 3. The molecule has 2 aliphatic heterocycles. The number of H-pyrrole nitrogens is 3. The molecule has 31 nitrogen and oxygen atoms in total. The Morgan fingerprint density at radius 3 is 1.72 bits per heavy atom. The second-order valence-electron chi connectivity index (χ2n) is 24.0. The number of aromatic hydroxyl groups is 1. The molecule has 2 fully saturated rings. The number of amides is 11. The van der Waals surface area contributed by atoms with Gasteiger partial charge in [-0.05, 0) is 85.4 Å². The van der Waals surface area contributed by atoms with E-state index in [0.717, 1.165) is 0 Å². The number of hydrogen-bond donors (Lipinski definition) is 17. The molecule has 506 valence electrons. The van der Waals surface area contributed by atoms with Crippen LogP contribution in [0.15, 0.2) is 103 Å². The highest BCUT2D eigenvalue weighted by Gasteiger charge is 2.40. The van der Waals surface area contributed by atoms with Gasteiger partial charge in [0.1, 0.15) is 60.1 Å². The summed E-state index contributed by atoms with van der Waals surface area (Å²) in [7, 11) is 0. The van der Waals surface area contributed by atoms with E-state index in [1.807, 2.05) is 0 Å². The number of aliphatic hydroxyl groups excluding tert-OH is 1. The van der Waals surface area contributed by atoms with Crippen molar-refractivity contribution in [1.29, 1.82) is 0 Å². The third-order valence-corrected chi connectivity index (χ3v) is 16.4. The Morgan fingerprint density at radius 2 is 1.18 bits per heavy atom. The summed E-state index contributed by atoms with van der Waals surface area (Å²) in [6.07, 6.45) is 6.51. The molecule has 2 aliphatic rings. The topological polar surface area (TPSA) is 490 Å². The summed E-state index contributed by atoms with van der Waals surface area (Å²) in [6, 6.07) is 7.78. The van der Waals surface area contributed by atoms with E-state index in [2.05, 4.69) is 72.8 Å². The van der Waals surface area contributed by atoms with Crippen molar-refractivity contribution in [1.82, 2.24) is 72.7 Å². The fourth-order valence-electron chi connectivity index (χ4n) is 11.5. The van der Waals surface area contributed by atoms with E-state index in [-0.39, 0.29) is 101 Å². The zero-order valence-electron chi connectivity index (χ0n) is 52.6. The molecule has 2 saturated heterocycles. The van der Waals surface area contributed by atoms with Crippen molar-refractivity contribution < 1.29 is 63.0 Å². The van der Waals surface area contributed by atoms with Gasteiger partial charge < -0.3 is 95.1 Å². The van der Waals surface area contributed by atoms with E-state index < -0.39 is 127 Å². The molecule has 3 aromatic carbocycles. The van der Waals surface area contributed by atoms with Crippen molar-refractivity contribution >= 4 is 92.7 Å². The van der Waals surface area contributed by atoms with Gasteiger partial charge in [0.2, 0.25) is 65.0 Å². The summed E-state index contributed by atoms with van der Waals surface area (Å²) >= 11 is 0. The van der Waals surface area contributed by atoms with Crippen LogP contribution in [0.3, 0.4) is 0 Å². The van der Waals surface area contributed by atoms with E-state index in [0.29, 0.717) is 50.6 Å². The molecule has 5 heterocycles. The molecule has 0 saturated carbocycles. The quantitative estimate of drug-likeness (QED) is 0.0117. The molecule has 0 bridgehead atoms. The van der Waals surface area contributed by atoms with Crippen molar-refractivity contribution in [3.8, 4) is 5.75 Å². The van der Waals surface area contributed by atoms with Gasteiger partial charge in [-0.1, -0.05) is 62.4 Å². The Bertz CT molecular complexity index is 3750. The number of benzene rings is 3. The SMILES string of the molecule is CC(C)C[C@H](NC(=O)[C@@H](Cc1c[nH]c2ccccc12)NC(=O)[C@@H](Cc1ccc(O)cc1)NC(=O)[C@@H](CO)NC(=O)[C@@H](Cc1c[nH]c2ccccc12)NC(=O)C(Cc1cnc[nH]1)NC(=O)C1CCC(=O)N1)C(=O)N[C@@H](CCCN=C(N)N)C(=O)N1CCC[C@@H]1C(=O)NCC(N)=O. The fraction of sp³-hybridized carbons (Fsp3) is 0.422. The van der Waals surface area contributed by atoms with Gasteiger partial charge in [0.15, 0.2) is 5.96 Å². The zero-order valence-corrected chi connectivity index (χ0v) is 52.6. The molecule has 11 amide bonds. The summed E-state index contributed by atoms with van der Waals surface area (Å²) < 4.78 is 0. The van der Waals surface area contributed by atoms with Crippen LogP contribution in [-0.4, -0.2) is 187 Å². The molecule has 0 spiro atoms. The minimum atomic E-state index is -1.80. The number of fused-ring (bicyclic) bond motifs is 2. The summed E-state index contributed by atoms with van der Waals surface area (Å²) in [4.78, 5) is 172.